The van der Waals surface area contributed by atoms with Crippen LogP contribution in [0.15, 0.2) is 18.2 Å². The van der Waals surface area contributed by atoms with Crippen molar-refractivity contribution in [3.8, 4) is 0 Å². The van der Waals surface area contributed by atoms with Crippen molar-refractivity contribution in [1.29, 1.82) is 0 Å². The Morgan fingerprint density at radius 2 is 1.92 bits per heavy atom. The highest BCUT2D eigenvalue weighted by molar-refractivity contribution is 6.15. The van der Waals surface area contributed by atoms with Crippen molar-refractivity contribution in [2.75, 3.05) is 18.0 Å². The van der Waals surface area contributed by atoms with E-state index in [9.17, 15) is 14.4 Å². The largest absolute Gasteiger partial charge is 0.315 e. The Balaban J connectivity index is 1.61. The van der Waals surface area contributed by atoms with Gasteiger partial charge in [0.05, 0.1) is 5.41 Å². The van der Waals surface area contributed by atoms with Crippen LogP contribution in [-0.2, 0) is 19.8 Å². The molecular formula is C18H19N3O3. The van der Waals surface area contributed by atoms with Gasteiger partial charge in [-0.3, -0.25) is 24.6 Å². The number of carbonyl (C=O) groups is 3. The summed E-state index contributed by atoms with van der Waals surface area (Å²) in [6.07, 6.45) is 2.41. The summed E-state index contributed by atoms with van der Waals surface area (Å²) >= 11 is 0. The van der Waals surface area contributed by atoms with Crippen molar-refractivity contribution in [3.05, 3.63) is 29.3 Å². The molecule has 1 aliphatic carbocycles. The predicted octanol–water partition coefficient (Wildman–Crippen LogP) is 0.557. The zero-order valence-electron chi connectivity index (χ0n) is 13.3. The fourth-order valence-corrected chi connectivity index (χ4v) is 4.40. The molecule has 3 aliphatic heterocycles. The van der Waals surface area contributed by atoms with E-state index in [0.717, 1.165) is 37.2 Å². The lowest BCUT2D eigenvalue weighted by Gasteiger charge is -2.31. The van der Waals surface area contributed by atoms with E-state index in [1.807, 2.05) is 12.1 Å². The van der Waals surface area contributed by atoms with E-state index in [-0.39, 0.29) is 24.1 Å². The maximum Gasteiger partial charge on any atom is 0.249 e. The number of hydrogen-bond acceptors (Lipinski definition) is 4. The number of benzene rings is 1. The first-order valence-electron chi connectivity index (χ1n) is 8.63. The highest BCUT2D eigenvalue weighted by atomic mass is 16.2. The molecule has 2 saturated heterocycles. The number of imide groups is 1. The second-order valence-electron chi connectivity index (χ2n) is 7.32. The Morgan fingerprint density at radius 1 is 1.12 bits per heavy atom. The smallest absolute Gasteiger partial charge is 0.249 e. The van der Waals surface area contributed by atoms with Crippen LogP contribution in [0.1, 0.15) is 42.7 Å². The van der Waals surface area contributed by atoms with Crippen LogP contribution in [0.25, 0.3) is 0 Å². The van der Waals surface area contributed by atoms with Gasteiger partial charge in [-0.25, -0.2) is 0 Å². The third-order valence-corrected chi connectivity index (χ3v) is 5.93. The van der Waals surface area contributed by atoms with Gasteiger partial charge in [0.2, 0.25) is 17.7 Å². The van der Waals surface area contributed by atoms with Crippen LogP contribution in [-0.4, -0.2) is 36.9 Å². The number of rotatable bonds is 2. The molecule has 1 spiro atoms. The van der Waals surface area contributed by atoms with E-state index >= 15 is 0 Å². The Morgan fingerprint density at radius 3 is 2.54 bits per heavy atom. The first-order valence-corrected chi connectivity index (χ1v) is 8.63. The van der Waals surface area contributed by atoms with Gasteiger partial charge in [-0.2, -0.15) is 0 Å². The van der Waals surface area contributed by atoms with Crippen molar-refractivity contribution in [3.63, 3.8) is 0 Å². The molecule has 2 N–H and O–H groups in total. The van der Waals surface area contributed by atoms with Gasteiger partial charge in [-0.15, -0.1) is 0 Å². The Labute approximate surface area is 139 Å². The molecule has 6 heteroatoms. The van der Waals surface area contributed by atoms with Crippen molar-refractivity contribution >= 4 is 23.4 Å². The van der Waals surface area contributed by atoms with Crippen LogP contribution in [0.4, 0.5) is 5.69 Å². The highest BCUT2D eigenvalue weighted by Gasteiger charge is 2.62. The summed E-state index contributed by atoms with van der Waals surface area (Å²) in [7, 11) is 0. The van der Waals surface area contributed by atoms with Crippen LogP contribution in [0, 0.1) is 0 Å². The van der Waals surface area contributed by atoms with E-state index in [2.05, 4.69) is 16.7 Å². The molecule has 3 heterocycles. The lowest BCUT2D eigenvalue weighted by atomic mass is 9.83. The van der Waals surface area contributed by atoms with E-state index in [1.54, 1.807) is 4.90 Å². The fourth-order valence-electron chi connectivity index (χ4n) is 4.40. The van der Waals surface area contributed by atoms with Gasteiger partial charge in [0.15, 0.2) is 0 Å². The minimum Gasteiger partial charge on any atom is -0.315 e. The minimum absolute atomic E-state index is 0.0479. The summed E-state index contributed by atoms with van der Waals surface area (Å²) in [5.74, 6) is -0.101. The van der Waals surface area contributed by atoms with Crippen molar-refractivity contribution < 1.29 is 14.4 Å². The molecular weight excluding hydrogens is 306 g/mol. The van der Waals surface area contributed by atoms with Gasteiger partial charge in [0.25, 0.3) is 0 Å². The summed E-state index contributed by atoms with van der Waals surface area (Å²) in [6.45, 7) is 1.89. The van der Waals surface area contributed by atoms with Crippen LogP contribution in [0.2, 0.25) is 0 Å². The molecule has 0 radical (unpaired) electrons. The number of nitrogens with zero attached hydrogens (tertiary/aromatic N) is 1. The maximum atomic E-state index is 13.2. The second-order valence-corrected chi connectivity index (χ2v) is 7.32. The van der Waals surface area contributed by atoms with E-state index < -0.39 is 11.5 Å². The second kappa shape index (κ2) is 4.66. The minimum atomic E-state index is -0.566. The molecule has 5 rings (SSSR count). The molecule has 1 saturated carbocycles. The molecule has 6 nitrogen and oxygen atoms in total. The lowest BCUT2D eigenvalue weighted by molar-refractivity contribution is -0.135. The first kappa shape index (κ1) is 14.2. The summed E-state index contributed by atoms with van der Waals surface area (Å²) in [4.78, 5) is 38.7. The summed E-state index contributed by atoms with van der Waals surface area (Å²) in [5, 5.41) is 5.68. The van der Waals surface area contributed by atoms with Gasteiger partial charge in [0.1, 0.15) is 6.04 Å². The number of hydrogen-bond donors (Lipinski definition) is 2. The summed E-state index contributed by atoms with van der Waals surface area (Å²) < 4.78 is 0. The summed E-state index contributed by atoms with van der Waals surface area (Å²) in [6, 6.07) is 5.51. The molecule has 24 heavy (non-hydrogen) atoms. The van der Waals surface area contributed by atoms with Crippen LogP contribution in [0.3, 0.4) is 0 Å². The zero-order chi connectivity index (χ0) is 16.5. The Kier molecular flexibility index (Phi) is 2.75. The third-order valence-electron chi connectivity index (χ3n) is 5.93. The quantitative estimate of drug-likeness (QED) is 0.779. The molecule has 0 aromatic heterocycles. The third kappa shape index (κ3) is 1.72. The standard InChI is InChI=1S/C18H19N3O3/c22-14-5-4-13(16(23)20-14)21-12-3-1-2-11(10-8-19-9-10)15(12)18(6-7-18)17(21)24/h1-3,10,13,19H,4-9H2,(H,20,22,23). The molecule has 1 unspecified atom stereocenters. The van der Waals surface area contributed by atoms with Crippen molar-refractivity contribution in [1.82, 2.24) is 10.6 Å². The summed E-state index contributed by atoms with van der Waals surface area (Å²) in [5.41, 5.74) is 2.87. The van der Waals surface area contributed by atoms with E-state index in [0.29, 0.717) is 12.3 Å². The Bertz CT molecular complexity index is 780. The maximum absolute atomic E-state index is 13.2. The average molecular weight is 325 g/mol. The van der Waals surface area contributed by atoms with Crippen molar-refractivity contribution in [2.45, 2.75) is 43.1 Å². The predicted molar refractivity (Wildman–Crippen MR) is 86.6 cm³/mol. The van der Waals surface area contributed by atoms with Gasteiger partial charge in [-0.05, 0) is 36.5 Å². The average Bonchev–Trinajstić information content (AvgIpc) is 3.25. The van der Waals surface area contributed by atoms with Crippen LogP contribution < -0.4 is 15.5 Å². The van der Waals surface area contributed by atoms with Crippen molar-refractivity contribution in [2.24, 2.45) is 0 Å². The molecule has 4 aliphatic rings. The Hall–Kier alpha value is -2.21. The highest BCUT2D eigenvalue weighted by Crippen LogP contribution is 2.60. The van der Waals surface area contributed by atoms with E-state index in [4.69, 9.17) is 0 Å². The molecule has 3 amide bonds. The molecule has 1 aromatic carbocycles. The van der Waals surface area contributed by atoms with E-state index in [1.165, 1.54) is 5.56 Å². The number of amides is 3. The monoisotopic (exact) mass is 325 g/mol. The van der Waals surface area contributed by atoms with Gasteiger partial charge in [-0.1, -0.05) is 12.1 Å². The molecule has 3 fully saturated rings. The number of piperidine rings is 1. The molecule has 1 atom stereocenters. The first-order chi connectivity index (χ1) is 11.6. The number of carbonyl (C=O) groups excluding carboxylic acids is 3. The zero-order valence-corrected chi connectivity index (χ0v) is 13.3. The topological polar surface area (TPSA) is 78.5 Å². The molecule has 1 aromatic rings. The normalized spacial score (nSPS) is 27.9. The molecule has 0 bridgehead atoms. The van der Waals surface area contributed by atoms with Gasteiger partial charge >= 0.3 is 0 Å². The lowest BCUT2D eigenvalue weighted by Crippen LogP contribution is -2.54. The number of nitrogens with one attached hydrogen (secondary N) is 2. The van der Waals surface area contributed by atoms with Gasteiger partial charge < -0.3 is 5.32 Å². The number of fused-ring (bicyclic) bond motifs is 2. The SMILES string of the molecule is O=C1CCC(N2C(=O)C3(CC3)c3c(C4CNC4)cccc32)C(=O)N1. The van der Waals surface area contributed by atoms with Crippen LogP contribution in [0.5, 0.6) is 0 Å². The number of anilines is 1. The fraction of sp³-hybridized carbons (Fsp3) is 0.500. The van der Waals surface area contributed by atoms with Crippen LogP contribution >= 0.6 is 0 Å². The molecule has 124 valence electrons. The van der Waals surface area contributed by atoms with Gasteiger partial charge in [0, 0.05) is 31.1 Å².